The van der Waals surface area contributed by atoms with Gasteiger partial charge >= 0.3 is 0 Å². The lowest BCUT2D eigenvalue weighted by Crippen LogP contribution is -2.31. The predicted molar refractivity (Wildman–Crippen MR) is 105 cm³/mol. The molecule has 2 heterocycles. The number of fused-ring (bicyclic) bond motifs is 1. The summed E-state index contributed by atoms with van der Waals surface area (Å²) in [5.41, 5.74) is 2.58. The minimum atomic E-state index is -0.0749. The van der Waals surface area contributed by atoms with Crippen molar-refractivity contribution in [1.82, 2.24) is 14.9 Å². The standard InChI is InChI=1S/C21H22N4O2/c26-20(24-11-10-23-16-4-3-9-22-12-16)14-25-13-18(21(27)15-7-8-15)17-5-1-2-6-19(17)25/h1-6,9,12-13,15,23H,7-8,10-11,14H2,(H,24,26). The summed E-state index contributed by atoms with van der Waals surface area (Å²) in [6.07, 6.45) is 7.24. The van der Waals surface area contributed by atoms with Gasteiger partial charge in [-0.2, -0.15) is 0 Å². The van der Waals surface area contributed by atoms with E-state index < -0.39 is 0 Å². The second-order valence-corrected chi connectivity index (χ2v) is 6.84. The molecule has 138 valence electrons. The van der Waals surface area contributed by atoms with Gasteiger partial charge < -0.3 is 15.2 Å². The minimum Gasteiger partial charge on any atom is -0.382 e. The van der Waals surface area contributed by atoms with Crippen molar-refractivity contribution >= 4 is 28.3 Å². The van der Waals surface area contributed by atoms with Crippen molar-refractivity contribution in [1.29, 1.82) is 0 Å². The van der Waals surface area contributed by atoms with Gasteiger partial charge in [0.15, 0.2) is 5.78 Å². The Labute approximate surface area is 157 Å². The Balaban J connectivity index is 1.38. The molecule has 0 unspecified atom stereocenters. The monoisotopic (exact) mass is 362 g/mol. The van der Waals surface area contributed by atoms with Crippen LogP contribution in [0.4, 0.5) is 5.69 Å². The Morgan fingerprint density at radius 3 is 2.74 bits per heavy atom. The highest BCUT2D eigenvalue weighted by atomic mass is 16.2. The van der Waals surface area contributed by atoms with Crippen LogP contribution in [0.2, 0.25) is 0 Å². The van der Waals surface area contributed by atoms with Crippen LogP contribution in [0.1, 0.15) is 23.2 Å². The number of hydrogen-bond acceptors (Lipinski definition) is 4. The maximum Gasteiger partial charge on any atom is 0.240 e. The lowest BCUT2D eigenvalue weighted by Gasteiger charge is -2.09. The highest BCUT2D eigenvalue weighted by Crippen LogP contribution is 2.35. The average molecular weight is 362 g/mol. The van der Waals surface area contributed by atoms with Crippen LogP contribution in [0.5, 0.6) is 0 Å². The van der Waals surface area contributed by atoms with Crippen LogP contribution in [0.15, 0.2) is 55.0 Å². The van der Waals surface area contributed by atoms with Gasteiger partial charge in [0.1, 0.15) is 6.54 Å². The molecular formula is C21H22N4O2. The second-order valence-electron chi connectivity index (χ2n) is 6.84. The van der Waals surface area contributed by atoms with Crippen molar-refractivity contribution in [3.8, 4) is 0 Å². The Hall–Kier alpha value is -3.15. The van der Waals surface area contributed by atoms with Crippen LogP contribution in [0.25, 0.3) is 10.9 Å². The molecule has 1 amide bonds. The first-order valence-electron chi connectivity index (χ1n) is 9.25. The molecule has 6 heteroatoms. The number of anilines is 1. The molecule has 3 aromatic rings. The maximum atomic E-state index is 12.5. The molecule has 0 radical (unpaired) electrons. The van der Waals surface area contributed by atoms with E-state index in [9.17, 15) is 9.59 Å². The van der Waals surface area contributed by atoms with Gasteiger partial charge in [-0.05, 0) is 31.0 Å². The van der Waals surface area contributed by atoms with Gasteiger partial charge in [-0.3, -0.25) is 14.6 Å². The molecule has 6 nitrogen and oxygen atoms in total. The van der Waals surface area contributed by atoms with Crippen LogP contribution in [-0.4, -0.2) is 34.3 Å². The molecule has 1 aliphatic carbocycles. The fourth-order valence-electron chi connectivity index (χ4n) is 3.23. The van der Waals surface area contributed by atoms with Crippen molar-refractivity contribution in [3.05, 3.63) is 60.6 Å². The smallest absolute Gasteiger partial charge is 0.240 e. The fourth-order valence-corrected chi connectivity index (χ4v) is 3.23. The molecule has 4 rings (SSSR count). The largest absolute Gasteiger partial charge is 0.382 e. The van der Waals surface area contributed by atoms with Crippen molar-refractivity contribution < 1.29 is 9.59 Å². The van der Waals surface area contributed by atoms with Crippen molar-refractivity contribution in [2.45, 2.75) is 19.4 Å². The number of rotatable bonds is 8. The van der Waals surface area contributed by atoms with E-state index in [4.69, 9.17) is 0 Å². The summed E-state index contributed by atoms with van der Waals surface area (Å²) in [6, 6.07) is 11.6. The second kappa shape index (κ2) is 7.61. The number of para-hydroxylation sites is 1. The highest BCUT2D eigenvalue weighted by molar-refractivity contribution is 6.10. The molecule has 0 aliphatic heterocycles. The number of carbonyl (C=O) groups excluding carboxylic acids is 2. The van der Waals surface area contributed by atoms with Crippen LogP contribution >= 0.6 is 0 Å². The molecule has 0 bridgehead atoms. The fraction of sp³-hybridized carbons (Fsp3) is 0.286. The number of aromatic nitrogens is 2. The van der Waals surface area contributed by atoms with Crippen LogP contribution < -0.4 is 10.6 Å². The van der Waals surface area contributed by atoms with Crippen LogP contribution in [0, 0.1) is 5.92 Å². The summed E-state index contributed by atoms with van der Waals surface area (Å²) >= 11 is 0. The molecule has 1 fully saturated rings. The summed E-state index contributed by atoms with van der Waals surface area (Å²) in [7, 11) is 0. The number of ketones is 1. The van der Waals surface area contributed by atoms with Gasteiger partial charge in [0.25, 0.3) is 0 Å². The van der Waals surface area contributed by atoms with Gasteiger partial charge in [-0.25, -0.2) is 0 Å². The Morgan fingerprint density at radius 2 is 1.96 bits per heavy atom. The number of nitrogens with zero attached hydrogens (tertiary/aromatic N) is 2. The van der Waals surface area contributed by atoms with E-state index in [1.165, 1.54) is 0 Å². The maximum absolute atomic E-state index is 12.5. The normalized spacial score (nSPS) is 13.5. The summed E-state index contributed by atoms with van der Waals surface area (Å²) in [5, 5.41) is 7.05. The number of pyridine rings is 1. The molecule has 2 N–H and O–H groups in total. The van der Waals surface area contributed by atoms with E-state index >= 15 is 0 Å². The first kappa shape index (κ1) is 17.3. The van der Waals surface area contributed by atoms with Gasteiger partial charge in [-0.15, -0.1) is 0 Å². The van der Waals surface area contributed by atoms with Crippen molar-refractivity contribution in [3.63, 3.8) is 0 Å². The summed E-state index contributed by atoms with van der Waals surface area (Å²) in [4.78, 5) is 28.9. The molecular weight excluding hydrogens is 340 g/mol. The Morgan fingerprint density at radius 1 is 1.11 bits per heavy atom. The zero-order chi connectivity index (χ0) is 18.6. The van der Waals surface area contributed by atoms with Crippen LogP contribution in [0.3, 0.4) is 0 Å². The Kier molecular flexibility index (Phi) is 4.87. The van der Waals surface area contributed by atoms with Gasteiger partial charge in [0, 0.05) is 54.1 Å². The topological polar surface area (TPSA) is 76.0 Å². The average Bonchev–Trinajstić information content (AvgIpc) is 3.49. The molecule has 0 spiro atoms. The highest BCUT2D eigenvalue weighted by Gasteiger charge is 2.32. The first-order valence-corrected chi connectivity index (χ1v) is 9.25. The lowest BCUT2D eigenvalue weighted by atomic mass is 10.1. The summed E-state index contributed by atoms with van der Waals surface area (Å²) in [5.74, 6) is 0.289. The molecule has 2 aromatic heterocycles. The van der Waals surface area contributed by atoms with Gasteiger partial charge in [0.05, 0.1) is 5.69 Å². The molecule has 1 aliphatic rings. The quantitative estimate of drug-likeness (QED) is 0.477. The summed E-state index contributed by atoms with van der Waals surface area (Å²) in [6.45, 7) is 1.33. The van der Waals surface area contributed by atoms with E-state index in [1.807, 2.05) is 47.2 Å². The van der Waals surface area contributed by atoms with E-state index in [0.29, 0.717) is 13.1 Å². The zero-order valence-electron chi connectivity index (χ0n) is 15.0. The number of amides is 1. The summed E-state index contributed by atoms with van der Waals surface area (Å²) < 4.78 is 1.87. The van der Waals surface area contributed by atoms with Gasteiger partial charge in [0.2, 0.25) is 5.91 Å². The number of hydrogen-bond donors (Lipinski definition) is 2. The number of benzene rings is 1. The van der Waals surface area contributed by atoms with E-state index in [2.05, 4.69) is 15.6 Å². The number of nitrogens with one attached hydrogen (secondary N) is 2. The third kappa shape index (κ3) is 4.00. The van der Waals surface area contributed by atoms with Crippen LogP contribution in [-0.2, 0) is 11.3 Å². The minimum absolute atomic E-state index is 0.0749. The zero-order valence-corrected chi connectivity index (χ0v) is 15.0. The lowest BCUT2D eigenvalue weighted by molar-refractivity contribution is -0.121. The number of carbonyl (C=O) groups is 2. The third-order valence-corrected chi connectivity index (χ3v) is 4.75. The molecule has 0 saturated heterocycles. The molecule has 1 aromatic carbocycles. The van der Waals surface area contributed by atoms with Gasteiger partial charge in [-0.1, -0.05) is 18.2 Å². The molecule has 1 saturated carbocycles. The third-order valence-electron chi connectivity index (χ3n) is 4.75. The van der Waals surface area contributed by atoms with E-state index in [0.717, 1.165) is 35.0 Å². The molecule has 0 atom stereocenters. The Bertz CT molecular complexity index is 961. The van der Waals surface area contributed by atoms with Crippen molar-refractivity contribution in [2.75, 3.05) is 18.4 Å². The van der Waals surface area contributed by atoms with E-state index in [-0.39, 0.29) is 24.2 Å². The van der Waals surface area contributed by atoms with E-state index in [1.54, 1.807) is 12.4 Å². The number of Topliss-reactive ketones (excluding diaryl/α,β-unsaturated/α-hetero) is 1. The predicted octanol–water partition coefficient (Wildman–Crippen LogP) is 2.86. The first-order chi connectivity index (χ1) is 13.2. The SMILES string of the molecule is O=C(Cn1cc(C(=O)C2CC2)c2ccccc21)NCCNc1cccnc1. The van der Waals surface area contributed by atoms with Crippen molar-refractivity contribution in [2.24, 2.45) is 5.92 Å². The molecule has 27 heavy (non-hydrogen) atoms.